The lowest BCUT2D eigenvalue weighted by molar-refractivity contribution is 0.0690. The van der Waals surface area contributed by atoms with E-state index in [-0.39, 0.29) is 11.8 Å². The molecule has 0 radical (unpaired) electrons. The molecule has 0 saturated heterocycles. The third-order valence-corrected chi connectivity index (χ3v) is 7.18. The molecule has 33 heavy (non-hydrogen) atoms. The van der Waals surface area contributed by atoms with Crippen LogP contribution in [0.4, 0.5) is 0 Å². The zero-order chi connectivity index (χ0) is 23.7. The summed E-state index contributed by atoms with van der Waals surface area (Å²) in [6, 6.07) is 5.67. The summed E-state index contributed by atoms with van der Waals surface area (Å²) in [6.45, 7) is 3.36. The van der Waals surface area contributed by atoms with E-state index in [0.29, 0.717) is 12.0 Å². The molecule has 3 N–H and O–H groups in total. The van der Waals surface area contributed by atoms with Gasteiger partial charge in [-0.15, -0.1) is 0 Å². The van der Waals surface area contributed by atoms with E-state index >= 15 is 0 Å². The van der Waals surface area contributed by atoms with Crippen molar-refractivity contribution in [1.82, 2.24) is 10.3 Å². The maximum absolute atomic E-state index is 10.8. The molecule has 2 unspecified atom stereocenters. The van der Waals surface area contributed by atoms with E-state index in [0.717, 1.165) is 37.9 Å². The molecule has 188 valence electrons. The van der Waals surface area contributed by atoms with Crippen molar-refractivity contribution in [2.24, 2.45) is 0 Å². The summed E-state index contributed by atoms with van der Waals surface area (Å²) in [5, 5.41) is 22.2. The van der Waals surface area contributed by atoms with Crippen LogP contribution in [-0.4, -0.2) is 39.9 Å². The number of aromatic carboxylic acids is 1. The van der Waals surface area contributed by atoms with Gasteiger partial charge in [0.1, 0.15) is 5.69 Å². The zero-order valence-electron chi connectivity index (χ0n) is 20.9. The van der Waals surface area contributed by atoms with Crippen molar-refractivity contribution in [2.75, 3.05) is 6.54 Å². The van der Waals surface area contributed by atoms with Gasteiger partial charge in [-0.3, -0.25) is 0 Å². The molecule has 2 saturated carbocycles. The Kier molecular flexibility index (Phi) is 14.4. The lowest BCUT2D eigenvalue weighted by Crippen LogP contribution is -2.42. The topological polar surface area (TPSA) is 82.5 Å². The maximum atomic E-state index is 10.8. The molecule has 0 aliphatic heterocycles. The lowest BCUT2D eigenvalue weighted by atomic mass is 9.86. The van der Waals surface area contributed by atoms with E-state index in [2.05, 4.69) is 17.2 Å². The number of aliphatic hydroxyl groups excluding tert-OH is 1. The fourth-order valence-corrected chi connectivity index (χ4v) is 5.09. The predicted molar refractivity (Wildman–Crippen MR) is 136 cm³/mol. The van der Waals surface area contributed by atoms with Crippen molar-refractivity contribution in [2.45, 2.75) is 134 Å². The molecule has 2 atom stereocenters. The van der Waals surface area contributed by atoms with Crippen LogP contribution in [0.25, 0.3) is 0 Å². The van der Waals surface area contributed by atoms with Gasteiger partial charge in [0.15, 0.2) is 0 Å². The van der Waals surface area contributed by atoms with Crippen LogP contribution in [0.3, 0.4) is 0 Å². The summed E-state index contributed by atoms with van der Waals surface area (Å²) in [5.41, 5.74) is 1.12. The summed E-state index contributed by atoms with van der Waals surface area (Å²) < 4.78 is 0. The van der Waals surface area contributed by atoms with Crippen LogP contribution in [-0.2, 0) is 0 Å². The molecule has 1 aromatic rings. The minimum absolute atomic E-state index is 0.0900. The first-order valence-corrected chi connectivity index (χ1v) is 13.7. The predicted octanol–water partition coefficient (Wildman–Crippen LogP) is 6.85. The van der Waals surface area contributed by atoms with Crippen LogP contribution in [0, 0.1) is 0 Å². The highest BCUT2D eigenvalue weighted by Crippen LogP contribution is 2.31. The molecule has 0 amide bonds. The highest BCUT2D eigenvalue weighted by Gasteiger charge is 2.21. The fourth-order valence-electron chi connectivity index (χ4n) is 5.09. The number of nitrogens with one attached hydrogen (secondary N) is 1. The van der Waals surface area contributed by atoms with Crippen molar-refractivity contribution >= 4 is 5.97 Å². The second-order valence-corrected chi connectivity index (χ2v) is 9.98. The fraction of sp³-hybridized carbons (Fsp3) is 0.786. The maximum Gasteiger partial charge on any atom is 0.354 e. The average Bonchev–Trinajstić information content (AvgIpc) is 2.85. The smallest absolute Gasteiger partial charge is 0.354 e. The van der Waals surface area contributed by atoms with Gasteiger partial charge < -0.3 is 15.5 Å². The number of aromatic nitrogens is 1. The lowest BCUT2D eigenvalue weighted by Gasteiger charge is -2.28. The van der Waals surface area contributed by atoms with Crippen LogP contribution in [0.15, 0.2) is 18.2 Å². The monoisotopic (exact) mass is 460 g/mol. The number of carboxylic acids is 1. The second-order valence-electron chi connectivity index (χ2n) is 9.98. The Morgan fingerprint density at radius 3 is 2.21 bits per heavy atom. The molecule has 2 aliphatic rings. The molecule has 1 heterocycles. The molecule has 2 fully saturated rings. The average molecular weight is 461 g/mol. The van der Waals surface area contributed by atoms with Crippen LogP contribution in [0.1, 0.15) is 138 Å². The van der Waals surface area contributed by atoms with Gasteiger partial charge in [-0.1, -0.05) is 90.0 Å². The molecule has 1 aromatic heterocycles. The van der Waals surface area contributed by atoms with Gasteiger partial charge in [-0.25, -0.2) is 9.78 Å². The molecule has 5 heteroatoms. The van der Waals surface area contributed by atoms with E-state index in [4.69, 9.17) is 5.11 Å². The third-order valence-electron chi connectivity index (χ3n) is 7.18. The van der Waals surface area contributed by atoms with E-state index in [1.807, 2.05) is 6.07 Å². The SMILES string of the molecule is CCCCCCCCCCNC1CCCCC1O.O=C(O)c1cccc(C2CCCCC2)n1. The minimum atomic E-state index is -0.937. The van der Waals surface area contributed by atoms with Crippen molar-refractivity contribution in [3.63, 3.8) is 0 Å². The summed E-state index contributed by atoms with van der Waals surface area (Å²) in [5.74, 6) is -0.467. The first-order valence-electron chi connectivity index (χ1n) is 13.7. The number of carboxylic acid groups (broad SMARTS) is 1. The minimum Gasteiger partial charge on any atom is -0.477 e. The number of pyridine rings is 1. The Morgan fingerprint density at radius 1 is 0.909 bits per heavy atom. The van der Waals surface area contributed by atoms with Crippen LogP contribution >= 0.6 is 0 Å². The van der Waals surface area contributed by atoms with E-state index < -0.39 is 5.97 Å². The Hall–Kier alpha value is -1.46. The number of hydrogen-bond donors (Lipinski definition) is 3. The second kappa shape index (κ2) is 17.0. The Balaban J connectivity index is 0.000000237. The molecule has 2 aliphatic carbocycles. The number of hydrogen-bond acceptors (Lipinski definition) is 4. The largest absolute Gasteiger partial charge is 0.477 e. The van der Waals surface area contributed by atoms with Gasteiger partial charge in [0, 0.05) is 17.7 Å². The first-order chi connectivity index (χ1) is 16.1. The van der Waals surface area contributed by atoms with Gasteiger partial charge in [0.25, 0.3) is 0 Å². The standard InChI is InChI=1S/C16H33NO.C12H15NO2/c1-2-3-4-5-6-7-8-11-14-17-15-12-9-10-13-16(15)18;14-12(15)11-8-4-7-10(13-11)9-5-2-1-3-6-9/h15-18H,2-14H2,1H3;4,7-9H,1-3,5-6H2,(H,14,15). The quantitative estimate of drug-likeness (QED) is 0.297. The molecular weight excluding hydrogens is 412 g/mol. The molecule has 3 rings (SSSR count). The van der Waals surface area contributed by atoms with Gasteiger partial charge >= 0.3 is 5.97 Å². The van der Waals surface area contributed by atoms with Crippen LogP contribution in [0.2, 0.25) is 0 Å². The third kappa shape index (κ3) is 11.5. The van der Waals surface area contributed by atoms with E-state index in [1.165, 1.54) is 83.5 Å². The van der Waals surface area contributed by atoms with Gasteiger partial charge in [0.05, 0.1) is 6.10 Å². The van der Waals surface area contributed by atoms with Crippen LogP contribution in [0.5, 0.6) is 0 Å². The molecule has 0 aromatic carbocycles. The Bertz CT molecular complexity index is 646. The van der Waals surface area contributed by atoms with E-state index in [1.54, 1.807) is 12.1 Å². The summed E-state index contributed by atoms with van der Waals surface area (Å²) in [4.78, 5) is 15.0. The number of rotatable bonds is 12. The van der Waals surface area contributed by atoms with Crippen molar-refractivity contribution in [3.8, 4) is 0 Å². The van der Waals surface area contributed by atoms with E-state index in [9.17, 15) is 9.90 Å². The number of nitrogens with zero attached hydrogens (tertiary/aromatic N) is 1. The summed E-state index contributed by atoms with van der Waals surface area (Å²) in [6.07, 6.45) is 21.6. The van der Waals surface area contributed by atoms with Gasteiger partial charge in [-0.2, -0.15) is 0 Å². The van der Waals surface area contributed by atoms with Gasteiger partial charge in [-0.05, 0) is 50.8 Å². The summed E-state index contributed by atoms with van der Waals surface area (Å²) in [7, 11) is 0. The molecule has 0 spiro atoms. The first kappa shape index (κ1) is 27.8. The highest BCUT2D eigenvalue weighted by molar-refractivity contribution is 5.85. The van der Waals surface area contributed by atoms with Crippen molar-refractivity contribution in [1.29, 1.82) is 0 Å². The summed E-state index contributed by atoms with van der Waals surface area (Å²) >= 11 is 0. The number of unbranched alkanes of at least 4 members (excludes halogenated alkanes) is 7. The Labute approximate surface area is 201 Å². The highest BCUT2D eigenvalue weighted by atomic mass is 16.4. The number of carbonyl (C=O) groups is 1. The normalized spacial score (nSPS) is 21.3. The van der Waals surface area contributed by atoms with Crippen molar-refractivity contribution in [3.05, 3.63) is 29.6 Å². The molecule has 5 nitrogen and oxygen atoms in total. The molecular formula is C28H48N2O3. The Morgan fingerprint density at radius 2 is 1.55 bits per heavy atom. The number of aliphatic hydroxyl groups is 1. The molecule has 0 bridgehead atoms. The van der Waals surface area contributed by atoms with Gasteiger partial charge in [0.2, 0.25) is 0 Å². The zero-order valence-corrected chi connectivity index (χ0v) is 20.9. The van der Waals surface area contributed by atoms with Crippen molar-refractivity contribution < 1.29 is 15.0 Å². The van der Waals surface area contributed by atoms with Crippen LogP contribution < -0.4 is 5.32 Å².